The van der Waals surface area contributed by atoms with Gasteiger partial charge < -0.3 is 15.4 Å². The van der Waals surface area contributed by atoms with Crippen molar-refractivity contribution in [2.24, 2.45) is 23.5 Å². The van der Waals surface area contributed by atoms with E-state index in [0.29, 0.717) is 23.1 Å². The third-order valence-corrected chi connectivity index (χ3v) is 4.97. The van der Waals surface area contributed by atoms with Gasteiger partial charge in [-0.2, -0.15) is 0 Å². The fourth-order valence-corrected chi connectivity index (χ4v) is 4.33. The van der Waals surface area contributed by atoms with E-state index < -0.39 is 5.91 Å². The largest absolute Gasteiger partial charge is 0.488 e. The highest BCUT2D eigenvalue weighted by Gasteiger charge is 2.48. The van der Waals surface area contributed by atoms with Gasteiger partial charge in [0.25, 0.3) is 0 Å². The standard InChI is InChI=1S/C15H19N3O2.ClH/c16-15(19)10-3-13(5-17-4-10)20-14-11-1-9-2-12(14)8-18(6-9)7-11;/h3-5,9,11-12,14H,1-2,6-8H2,(H2,16,19);1H. The molecular formula is C15H20ClN3O2. The monoisotopic (exact) mass is 309 g/mol. The zero-order valence-corrected chi connectivity index (χ0v) is 12.6. The number of hydrogen-bond donors (Lipinski definition) is 1. The molecular weight excluding hydrogens is 290 g/mol. The van der Waals surface area contributed by atoms with Crippen molar-refractivity contribution in [1.82, 2.24) is 9.88 Å². The van der Waals surface area contributed by atoms with E-state index in [2.05, 4.69) is 9.88 Å². The number of rotatable bonds is 3. The molecule has 1 aliphatic carbocycles. The summed E-state index contributed by atoms with van der Waals surface area (Å²) in [7, 11) is 0. The van der Waals surface area contributed by atoms with Gasteiger partial charge in [0.2, 0.25) is 5.91 Å². The highest BCUT2D eigenvalue weighted by molar-refractivity contribution is 5.92. The minimum absolute atomic E-state index is 0. The maximum atomic E-state index is 11.2. The average molecular weight is 310 g/mol. The van der Waals surface area contributed by atoms with E-state index in [4.69, 9.17) is 10.5 Å². The van der Waals surface area contributed by atoms with Crippen LogP contribution in [0, 0.1) is 17.8 Å². The molecule has 1 aromatic rings. The lowest BCUT2D eigenvalue weighted by Crippen LogP contribution is -2.61. The van der Waals surface area contributed by atoms with Crippen LogP contribution in [0.5, 0.6) is 5.75 Å². The quantitative estimate of drug-likeness (QED) is 0.914. The van der Waals surface area contributed by atoms with Crippen LogP contribution in [-0.4, -0.2) is 41.5 Å². The van der Waals surface area contributed by atoms with Crippen LogP contribution in [0.1, 0.15) is 23.2 Å². The number of ether oxygens (including phenoxy) is 1. The molecule has 21 heavy (non-hydrogen) atoms. The first-order valence-corrected chi connectivity index (χ1v) is 7.33. The molecule has 1 amide bonds. The number of pyridine rings is 1. The van der Waals surface area contributed by atoms with Crippen LogP contribution in [-0.2, 0) is 0 Å². The van der Waals surface area contributed by atoms with Gasteiger partial charge in [0, 0.05) is 37.7 Å². The minimum Gasteiger partial charge on any atom is -0.488 e. The molecule has 3 aliphatic heterocycles. The van der Waals surface area contributed by atoms with Crippen molar-refractivity contribution >= 4 is 18.3 Å². The van der Waals surface area contributed by atoms with Crippen molar-refractivity contribution in [3.05, 3.63) is 24.0 Å². The second-order valence-electron chi connectivity index (χ2n) is 6.43. The molecule has 2 atom stereocenters. The van der Waals surface area contributed by atoms with Crippen molar-refractivity contribution in [2.75, 3.05) is 19.6 Å². The van der Waals surface area contributed by atoms with Crippen molar-refractivity contribution in [3.63, 3.8) is 0 Å². The van der Waals surface area contributed by atoms with Gasteiger partial charge in [-0.1, -0.05) is 0 Å². The van der Waals surface area contributed by atoms with Crippen LogP contribution in [0.25, 0.3) is 0 Å². The Labute approximate surface area is 130 Å². The van der Waals surface area contributed by atoms with Crippen LogP contribution in [0.4, 0.5) is 0 Å². The molecule has 6 heteroatoms. The number of carbonyl (C=O) groups excluding carboxylic acids is 1. The minimum atomic E-state index is -0.459. The summed E-state index contributed by atoms with van der Waals surface area (Å²) in [4.78, 5) is 17.8. The molecule has 5 nitrogen and oxygen atoms in total. The van der Waals surface area contributed by atoms with Crippen LogP contribution >= 0.6 is 12.4 Å². The van der Waals surface area contributed by atoms with E-state index in [1.54, 1.807) is 12.3 Å². The third kappa shape index (κ3) is 2.60. The second kappa shape index (κ2) is 5.46. The number of nitrogens with zero attached hydrogens (tertiary/aromatic N) is 2. The Hall–Kier alpha value is -1.33. The van der Waals surface area contributed by atoms with Gasteiger partial charge in [0.05, 0.1) is 11.8 Å². The summed E-state index contributed by atoms with van der Waals surface area (Å²) in [6.07, 6.45) is 5.99. The predicted octanol–water partition coefficient (Wildman–Crippen LogP) is 1.32. The normalized spacial score (nSPS) is 36.1. The van der Waals surface area contributed by atoms with Gasteiger partial charge in [-0.25, -0.2) is 0 Å². The van der Waals surface area contributed by atoms with Crippen molar-refractivity contribution in [2.45, 2.75) is 18.9 Å². The molecule has 0 spiro atoms. The molecule has 3 saturated heterocycles. The number of aromatic nitrogens is 1. The molecule has 1 aromatic heterocycles. The highest BCUT2D eigenvalue weighted by Crippen LogP contribution is 2.44. The molecule has 4 fully saturated rings. The maximum absolute atomic E-state index is 11.2. The lowest BCUT2D eigenvalue weighted by atomic mass is 9.66. The van der Waals surface area contributed by atoms with Gasteiger partial charge >= 0.3 is 0 Å². The summed E-state index contributed by atoms with van der Waals surface area (Å²) in [6.45, 7) is 3.58. The molecule has 1 saturated carbocycles. The number of carbonyl (C=O) groups is 1. The maximum Gasteiger partial charge on any atom is 0.250 e. The number of amides is 1. The highest BCUT2D eigenvalue weighted by atomic mass is 35.5. The Bertz CT molecular complexity index is 523. The van der Waals surface area contributed by atoms with Crippen LogP contribution in [0.15, 0.2) is 18.5 Å². The first kappa shape index (κ1) is 14.6. The molecule has 2 unspecified atom stereocenters. The fraction of sp³-hybridized carbons (Fsp3) is 0.600. The first-order chi connectivity index (χ1) is 9.69. The fourth-order valence-electron chi connectivity index (χ4n) is 4.33. The Kier molecular flexibility index (Phi) is 3.80. The topological polar surface area (TPSA) is 68.5 Å². The molecule has 4 heterocycles. The molecule has 2 N–H and O–H groups in total. The zero-order chi connectivity index (χ0) is 13.7. The Morgan fingerprint density at radius 2 is 1.95 bits per heavy atom. The molecule has 0 aromatic carbocycles. The van der Waals surface area contributed by atoms with E-state index in [1.807, 2.05) is 0 Å². The van der Waals surface area contributed by atoms with E-state index in [9.17, 15) is 4.79 Å². The summed E-state index contributed by atoms with van der Waals surface area (Å²) < 4.78 is 6.19. The number of nitrogens with two attached hydrogens (primary N) is 1. The third-order valence-electron chi connectivity index (χ3n) is 4.97. The lowest BCUT2D eigenvalue weighted by molar-refractivity contribution is -0.0985. The predicted molar refractivity (Wildman–Crippen MR) is 80.6 cm³/mol. The van der Waals surface area contributed by atoms with E-state index >= 15 is 0 Å². The SMILES string of the molecule is Cl.NC(=O)c1cncc(OC2C3CC4CC2CN(C4)C3)c1. The summed E-state index contributed by atoms with van der Waals surface area (Å²) in [5.74, 6) is 2.33. The first-order valence-electron chi connectivity index (χ1n) is 7.33. The molecule has 4 aliphatic rings. The number of piperidine rings is 3. The Morgan fingerprint density at radius 3 is 2.57 bits per heavy atom. The van der Waals surface area contributed by atoms with Crippen LogP contribution in [0.3, 0.4) is 0 Å². The van der Waals surface area contributed by atoms with E-state index in [-0.39, 0.29) is 18.5 Å². The summed E-state index contributed by atoms with van der Waals surface area (Å²) >= 11 is 0. The number of primary amides is 1. The molecule has 0 radical (unpaired) electrons. The summed E-state index contributed by atoms with van der Waals surface area (Å²) in [5, 5.41) is 0. The lowest BCUT2D eigenvalue weighted by Gasteiger charge is -2.55. The number of hydrogen-bond acceptors (Lipinski definition) is 4. The van der Waals surface area contributed by atoms with Crippen LogP contribution in [0.2, 0.25) is 0 Å². The zero-order valence-electron chi connectivity index (χ0n) is 11.8. The second-order valence-corrected chi connectivity index (χ2v) is 6.43. The van der Waals surface area contributed by atoms with Gasteiger partial charge in [0.1, 0.15) is 11.9 Å². The van der Waals surface area contributed by atoms with E-state index in [0.717, 1.165) is 19.0 Å². The Balaban J connectivity index is 0.00000132. The molecule has 5 rings (SSSR count). The van der Waals surface area contributed by atoms with Gasteiger partial charge in [-0.3, -0.25) is 9.78 Å². The Morgan fingerprint density at radius 1 is 1.24 bits per heavy atom. The van der Waals surface area contributed by atoms with Crippen molar-refractivity contribution in [3.8, 4) is 5.75 Å². The van der Waals surface area contributed by atoms with Gasteiger partial charge in [0.15, 0.2) is 0 Å². The summed E-state index contributed by atoms with van der Waals surface area (Å²) in [6, 6.07) is 1.71. The van der Waals surface area contributed by atoms with Crippen LogP contribution < -0.4 is 10.5 Å². The van der Waals surface area contributed by atoms with Crippen molar-refractivity contribution < 1.29 is 9.53 Å². The van der Waals surface area contributed by atoms with E-state index in [1.165, 1.54) is 25.6 Å². The average Bonchev–Trinajstić information content (AvgIpc) is 2.42. The summed E-state index contributed by atoms with van der Waals surface area (Å²) in [5.41, 5.74) is 5.70. The molecule has 4 bridgehead atoms. The smallest absolute Gasteiger partial charge is 0.250 e. The number of halogens is 1. The van der Waals surface area contributed by atoms with Crippen molar-refractivity contribution in [1.29, 1.82) is 0 Å². The van der Waals surface area contributed by atoms with Gasteiger partial charge in [-0.05, 0) is 24.8 Å². The molecule has 114 valence electrons. The van der Waals surface area contributed by atoms with Gasteiger partial charge in [-0.15, -0.1) is 12.4 Å².